The van der Waals surface area contributed by atoms with Crippen LogP contribution in [0.2, 0.25) is 5.02 Å². The zero-order valence-electron chi connectivity index (χ0n) is 18.7. The van der Waals surface area contributed by atoms with Crippen LogP contribution >= 0.6 is 11.6 Å². The molecule has 0 radical (unpaired) electrons. The molecule has 0 aromatic heterocycles. The van der Waals surface area contributed by atoms with E-state index in [1.807, 2.05) is 55.5 Å². The summed E-state index contributed by atoms with van der Waals surface area (Å²) in [5, 5.41) is 3.89. The van der Waals surface area contributed by atoms with E-state index in [4.69, 9.17) is 16.3 Å². The van der Waals surface area contributed by atoms with Gasteiger partial charge in [-0.3, -0.25) is 4.79 Å². The Hall–Kier alpha value is -2.85. The van der Waals surface area contributed by atoms with Gasteiger partial charge in [0.25, 0.3) is 0 Å². The van der Waals surface area contributed by atoms with Crippen LogP contribution in [0.15, 0.2) is 77.1 Å². The second kappa shape index (κ2) is 8.95. The number of carbonyl (C=O) groups is 2. The van der Waals surface area contributed by atoms with Crippen molar-refractivity contribution < 1.29 is 14.3 Å². The minimum absolute atomic E-state index is 0.0516. The fraction of sp³-hybridized carbons (Fsp3) is 0.333. The van der Waals surface area contributed by atoms with Crippen molar-refractivity contribution in [2.45, 2.75) is 46.0 Å². The zero-order valence-corrected chi connectivity index (χ0v) is 19.5. The fourth-order valence-corrected chi connectivity index (χ4v) is 4.96. The first kappa shape index (κ1) is 22.3. The molecule has 2 aliphatic rings. The lowest BCUT2D eigenvalue weighted by molar-refractivity contribution is -0.139. The molecule has 5 heteroatoms. The highest BCUT2D eigenvalue weighted by atomic mass is 35.5. The number of benzene rings is 2. The number of allylic oxidation sites excluding steroid dienone is 3. The maximum atomic E-state index is 13.3. The second-order valence-electron chi connectivity index (χ2n) is 9.32. The summed E-state index contributed by atoms with van der Waals surface area (Å²) < 4.78 is 5.69. The van der Waals surface area contributed by atoms with E-state index in [1.165, 1.54) is 0 Å². The van der Waals surface area contributed by atoms with Gasteiger partial charge in [-0.15, -0.1) is 0 Å². The van der Waals surface area contributed by atoms with Crippen LogP contribution in [-0.4, -0.2) is 18.4 Å². The lowest BCUT2D eigenvalue weighted by Crippen LogP contribution is -2.38. The minimum Gasteiger partial charge on any atom is -0.462 e. The van der Waals surface area contributed by atoms with Gasteiger partial charge in [0.15, 0.2) is 5.78 Å². The van der Waals surface area contributed by atoms with Crippen LogP contribution < -0.4 is 5.32 Å². The molecule has 0 spiro atoms. The molecule has 1 heterocycles. The summed E-state index contributed by atoms with van der Waals surface area (Å²) in [4.78, 5) is 26.6. The van der Waals surface area contributed by atoms with Crippen molar-refractivity contribution >= 4 is 23.4 Å². The lowest BCUT2D eigenvalue weighted by Gasteiger charge is -2.39. The standard InChI is InChI=1S/C27H28ClNO3/c1-17-23(26(31)32-14-13-18-9-5-4-6-10-18)24(19-11-7-8-12-20(19)28)25-21(29-17)15-27(2,3)16-22(25)30/h4-12,24,29H,13-16H2,1-3H3. The monoisotopic (exact) mass is 449 g/mol. The molecule has 0 amide bonds. The summed E-state index contributed by atoms with van der Waals surface area (Å²) in [6, 6.07) is 17.3. The molecule has 0 fully saturated rings. The zero-order chi connectivity index (χ0) is 22.9. The lowest BCUT2D eigenvalue weighted by atomic mass is 9.68. The first-order valence-corrected chi connectivity index (χ1v) is 11.3. The van der Waals surface area contributed by atoms with Gasteiger partial charge < -0.3 is 10.1 Å². The molecule has 2 aromatic rings. The topological polar surface area (TPSA) is 55.4 Å². The van der Waals surface area contributed by atoms with Crippen molar-refractivity contribution in [2.24, 2.45) is 5.41 Å². The van der Waals surface area contributed by atoms with Gasteiger partial charge in [0.1, 0.15) is 0 Å². The molecule has 4 rings (SSSR count). The van der Waals surface area contributed by atoms with E-state index in [9.17, 15) is 9.59 Å². The van der Waals surface area contributed by atoms with Crippen molar-refractivity contribution in [1.29, 1.82) is 0 Å². The second-order valence-corrected chi connectivity index (χ2v) is 9.73. The third-order valence-electron chi connectivity index (χ3n) is 6.14. The smallest absolute Gasteiger partial charge is 0.336 e. The van der Waals surface area contributed by atoms with E-state index in [0.29, 0.717) is 34.7 Å². The van der Waals surface area contributed by atoms with Crippen LogP contribution in [0.25, 0.3) is 0 Å². The summed E-state index contributed by atoms with van der Waals surface area (Å²) in [5.74, 6) is -0.899. The summed E-state index contributed by atoms with van der Waals surface area (Å²) in [5.41, 5.74) is 4.41. The summed E-state index contributed by atoms with van der Waals surface area (Å²) in [7, 11) is 0. The molecular formula is C27H28ClNO3. The Morgan fingerprint density at radius 2 is 1.78 bits per heavy atom. The highest BCUT2D eigenvalue weighted by Crippen LogP contribution is 2.48. The Labute approximate surface area is 194 Å². The number of hydrogen-bond donors (Lipinski definition) is 1. The van der Waals surface area contributed by atoms with Crippen LogP contribution in [0.5, 0.6) is 0 Å². The maximum Gasteiger partial charge on any atom is 0.336 e. The first-order chi connectivity index (χ1) is 15.3. The van der Waals surface area contributed by atoms with E-state index < -0.39 is 11.9 Å². The average Bonchev–Trinajstić information content (AvgIpc) is 2.73. The summed E-state index contributed by atoms with van der Waals surface area (Å²) >= 11 is 6.57. The van der Waals surface area contributed by atoms with E-state index in [0.717, 1.165) is 23.2 Å². The van der Waals surface area contributed by atoms with Crippen molar-refractivity contribution in [3.8, 4) is 0 Å². The van der Waals surface area contributed by atoms with E-state index in [1.54, 1.807) is 6.07 Å². The first-order valence-electron chi connectivity index (χ1n) is 11.0. The Balaban J connectivity index is 1.68. The van der Waals surface area contributed by atoms with Crippen LogP contribution in [0.1, 0.15) is 50.7 Å². The van der Waals surface area contributed by atoms with Gasteiger partial charge in [-0.25, -0.2) is 4.79 Å². The van der Waals surface area contributed by atoms with Crippen LogP contribution in [0.3, 0.4) is 0 Å². The Kier molecular flexibility index (Phi) is 6.25. The van der Waals surface area contributed by atoms with Gasteiger partial charge in [0.2, 0.25) is 0 Å². The summed E-state index contributed by atoms with van der Waals surface area (Å²) in [6.07, 6.45) is 1.80. The van der Waals surface area contributed by atoms with Gasteiger partial charge in [0.05, 0.1) is 12.2 Å². The number of Topliss-reactive ketones (excluding diaryl/α,β-unsaturated/α-hetero) is 1. The molecule has 32 heavy (non-hydrogen) atoms. The van der Waals surface area contributed by atoms with E-state index >= 15 is 0 Å². The van der Waals surface area contributed by atoms with Crippen LogP contribution in [0.4, 0.5) is 0 Å². The molecule has 1 aliphatic heterocycles. The Morgan fingerprint density at radius 1 is 1.09 bits per heavy atom. The highest BCUT2D eigenvalue weighted by molar-refractivity contribution is 6.31. The predicted molar refractivity (Wildman–Crippen MR) is 126 cm³/mol. The summed E-state index contributed by atoms with van der Waals surface area (Å²) in [6.45, 7) is 6.32. The van der Waals surface area contributed by atoms with Gasteiger partial charge in [0, 0.05) is 40.7 Å². The number of hydrogen-bond acceptors (Lipinski definition) is 4. The number of esters is 1. The number of halogens is 1. The number of nitrogens with one attached hydrogen (secondary N) is 1. The molecule has 0 bridgehead atoms. The maximum absolute atomic E-state index is 13.3. The SMILES string of the molecule is CC1=C(C(=O)OCCc2ccccc2)C(c2ccccc2Cl)C2=C(CC(C)(C)CC2=O)N1. The largest absolute Gasteiger partial charge is 0.462 e. The quantitative estimate of drug-likeness (QED) is 0.592. The minimum atomic E-state index is -0.534. The van der Waals surface area contributed by atoms with Gasteiger partial charge in [-0.2, -0.15) is 0 Å². The number of carbonyl (C=O) groups excluding carboxylic acids is 2. The normalized spacial score (nSPS) is 20.0. The van der Waals surface area contributed by atoms with Crippen molar-refractivity contribution in [2.75, 3.05) is 6.61 Å². The number of ketones is 1. The van der Waals surface area contributed by atoms with Crippen molar-refractivity contribution in [3.05, 3.63) is 93.3 Å². The molecule has 4 nitrogen and oxygen atoms in total. The molecule has 2 aromatic carbocycles. The molecule has 0 saturated carbocycles. The molecule has 0 saturated heterocycles. The molecule has 166 valence electrons. The highest BCUT2D eigenvalue weighted by Gasteiger charge is 2.43. The molecular weight excluding hydrogens is 422 g/mol. The van der Waals surface area contributed by atoms with Gasteiger partial charge >= 0.3 is 5.97 Å². The predicted octanol–water partition coefficient (Wildman–Crippen LogP) is 5.73. The fourth-order valence-electron chi connectivity index (χ4n) is 4.71. The van der Waals surface area contributed by atoms with E-state index in [2.05, 4.69) is 19.2 Å². The van der Waals surface area contributed by atoms with E-state index in [-0.39, 0.29) is 17.8 Å². The third-order valence-corrected chi connectivity index (χ3v) is 6.49. The molecule has 1 unspecified atom stereocenters. The number of rotatable bonds is 5. The number of ether oxygens (including phenoxy) is 1. The molecule has 1 N–H and O–H groups in total. The van der Waals surface area contributed by atoms with Gasteiger partial charge in [-0.1, -0.05) is 74.0 Å². The van der Waals surface area contributed by atoms with Crippen molar-refractivity contribution in [3.63, 3.8) is 0 Å². The Morgan fingerprint density at radius 3 is 2.50 bits per heavy atom. The molecule has 1 atom stereocenters. The third kappa shape index (κ3) is 4.51. The van der Waals surface area contributed by atoms with Crippen LogP contribution in [-0.2, 0) is 20.7 Å². The van der Waals surface area contributed by atoms with Gasteiger partial charge in [-0.05, 0) is 36.0 Å². The molecule has 1 aliphatic carbocycles. The van der Waals surface area contributed by atoms with Crippen molar-refractivity contribution in [1.82, 2.24) is 5.32 Å². The average molecular weight is 450 g/mol. The van der Waals surface area contributed by atoms with Crippen LogP contribution in [0, 0.1) is 5.41 Å². The number of dihydropyridines is 1. The Bertz CT molecular complexity index is 1110.